The Bertz CT molecular complexity index is 874. The zero-order valence-electron chi connectivity index (χ0n) is 12.1. The van der Waals surface area contributed by atoms with Gasteiger partial charge in [-0.15, -0.1) is 0 Å². The summed E-state index contributed by atoms with van der Waals surface area (Å²) >= 11 is 1.59. The number of nitriles is 1. The summed E-state index contributed by atoms with van der Waals surface area (Å²) in [6, 6.07) is 10.3. The Labute approximate surface area is 127 Å². The van der Waals surface area contributed by atoms with Crippen molar-refractivity contribution in [3.63, 3.8) is 0 Å². The van der Waals surface area contributed by atoms with Crippen molar-refractivity contribution < 1.29 is 0 Å². The number of hydrogen-bond acceptors (Lipinski definition) is 5. The molecular weight excluding hydrogens is 280 g/mol. The lowest BCUT2D eigenvalue weighted by Gasteiger charge is -2.08. The molecule has 2 heterocycles. The highest BCUT2D eigenvalue weighted by molar-refractivity contribution is 7.22. The summed E-state index contributed by atoms with van der Waals surface area (Å²) in [6.45, 7) is 5.83. The Morgan fingerprint density at radius 1 is 1.14 bits per heavy atom. The monoisotopic (exact) mass is 294 g/mol. The van der Waals surface area contributed by atoms with Crippen molar-refractivity contribution in [1.29, 1.82) is 5.26 Å². The molecule has 1 N–H and O–H groups in total. The number of hydrogen-bond donors (Lipinski definition) is 1. The first-order valence-corrected chi connectivity index (χ1v) is 7.41. The number of aromatic nitrogens is 2. The quantitative estimate of drug-likeness (QED) is 0.768. The molecule has 0 amide bonds. The molecule has 3 rings (SSSR count). The van der Waals surface area contributed by atoms with E-state index < -0.39 is 0 Å². The normalized spacial score (nSPS) is 10.6. The maximum absolute atomic E-state index is 9.30. The lowest BCUT2D eigenvalue weighted by molar-refractivity contribution is 1.11. The number of thiazole rings is 1. The van der Waals surface area contributed by atoms with Crippen molar-refractivity contribution >= 4 is 32.4 Å². The average molecular weight is 294 g/mol. The molecule has 0 saturated carbocycles. The van der Waals surface area contributed by atoms with E-state index in [2.05, 4.69) is 34.3 Å². The molecule has 5 heteroatoms. The van der Waals surface area contributed by atoms with E-state index >= 15 is 0 Å². The first-order valence-electron chi connectivity index (χ1n) is 6.59. The van der Waals surface area contributed by atoms with Crippen LogP contribution in [-0.2, 0) is 0 Å². The fraction of sp³-hybridized carbons (Fsp3) is 0.188. The average Bonchev–Trinajstić information content (AvgIpc) is 2.79. The van der Waals surface area contributed by atoms with Gasteiger partial charge in [0.2, 0.25) is 0 Å². The summed E-state index contributed by atoms with van der Waals surface area (Å²) in [6.07, 6.45) is 0. The van der Waals surface area contributed by atoms with Crippen LogP contribution in [0.3, 0.4) is 0 Å². The van der Waals surface area contributed by atoms with Gasteiger partial charge in [0.1, 0.15) is 6.07 Å². The molecule has 104 valence electrons. The van der Waals surface area contributed by atoms with Crippen molar-refractivity contribution in [2.24, 2.45) is 0 Å². The molecule has 0 atom stereocenters. The molecule has 0 aliphatic heterocycles. The second-order valence-electron chi connectivity index (χ2n) is 5.00. The number of pyridine rings is 1. The Balaban J connectivity index is 2.04. The molecule has 0 fully saturated rings. The van der Waals surface area contributed by atoms with Crippen LogP contribution in [0.25, 0.3) is 10.2 Å². The molecule has 2 aromatic heterocycles. The topological polar surface area (TPSA) is 61.6 Å². The highest BCUT2D eigenvalue weighted by Gasteiger charge is 2.11. The SMILES string of the molecule is Cc1ccc2nc(Nc3cc(C)nc(C)c3C#N)sc2c1. The van der Waals surface area contributed by atoms with Crippen molar-refractivity contribution in [2.45, 2.75) is 20.8 Å². The van der Waals surface area contributed by atoms with Gasteiger partial charge in [0, 0.05) is 5.69 Å². The van der Waals surface area contributed by atoms with Gasteiger partial charge >= 0.3 is 0 Å². The zero-order chi connectivity index (χ0) is 15.0. The van der Waals surface area contributed by atoms with Gasteiger partial charge in [-0.3, -0.25) is 4.98 Å². The molecule has 4 nitrogen and oxygen atoms in total. The minimum Gasteiger partial charge on any atom is -0.330 e. The lowest BCUT2D eigenvalue weighted by Crippen LogP contribution is -1.99. The van der Waals surface area contributed by atoms with Crippen LogP contribution in [0.4, 0.5) is 10.8 Å². The molecule has 3 aromatic rings. The third kappa shape index (κ3) is 2.58. The van der Waals surface area contributed by atoms with Gasteiger partial charge < -0.3 is 5.32 Å². The van der Waals surface area contributed by atoms with E-state index in [1.165, 1.54) is 5.56 Å². The minimum atomic E-state index is 0.566. The maximum atomic E-state index is 9.30. The van der Waals surface area contributed by atoms with Crippen LogP contribution >= 0.6 is 11.3 Å². The van der Waals surface area contributed by atoms with Crippen LogP contribution in [0.15, 0.2) is 24.3 Å². The summed E-state index contributed by atoms with van der Waals surface area (Å²) in [5.74, 6) is 0. The third-order valence-electron chi connectivity index (χ3n) is 3.23. The van der Waals surface area contributed by atoms with E-state index in [1.54, 1.807) is 11.3 Å². The summed E-state index contributed by atoms with van der Waals surface area (Å²) < 4.78 is 1.14. The molecule has 0 unspecified atom stereocenters. The smallest absolute Gasteiger partial charge is 0.188 e. The van der Waals surface area contributed by atoms with E-state index in [9.17, 15) is 5.26 Å². The number of benzene rings is 1. The molecule has 0 bridgehead atoms. The summed E-state index contributed by atoms with van der Waals surface area (Å²) in [5.41, 5.74) is 5.12. The molecule has 1 aromatic carbocycles. The van der Waals surface area contributed by atoms with Gasteiger partial charge in [-0.2, -0.15) is 5.26 Å². The standard InChI is InChI=1S/C16H14N4S/c1-9-4-5-13-15(6-9)21-16(19-13)20-14-7-10(2)18-11(3)12(14)8-17/h4-7H,1-3H3,(H,18,19,20). The van der Waals surface area contributed by atoms with Crippen molar-refractivity contribution in [3.8, 4) is 6.07 Å². The highest BCUT2D eigenvalue weighted by Crippen LogP contribution is 2.30. The number of nitrogens with one attached hydrogen (secondary N) is 1. The third-order valence-corrected chi connectivity index (χ3v) is 4.16. The van der Waals surface area contributed by atoms with Crippen LogP contribution in [0.2, 0.25) is 0 Å². The summed E-state index contributed by atoms with van der Waals surface area (Å²) in [5, 5.41) is 13.3. The Morgan fingerprint density at radius 2 is 1.95 bits per heavy atom. The molecule has 0 saturated heterocycles. The number of nitrogens with zero attached hydrogens (tertiary/aromatic N) is 3. The molecule has 0 aliphatic rings. The Morgan fingerprint density at radius 3 is 2.71 bits per heavy atom. The number of rotatable bonds is 2. The van der Waals surface area contributed by atoms with E-state index in [4.69, 9.17) is 0 Å². The van der Waals surface area contributed by atoms with Crippen LogP contribution < -0.4 is 5.32 Å². The molecule has 0 spiro atoms. The second kappa shape index (κ2) is 5.15. The van der Waals surface area contributed by atoms with Gasteiger partial charge in [-0.25, -0.2) is 4.98 Å². The van der Waals surface area contributed by atoms with Crippen LogP contribution in [0.1, 0.15) is 22.5 Å². The van der Waals surface area contributed by atoms with Gasteiger partial charge in [-0.1, -0.05) is 17.4 Å². The van der Waals surface area contributed by atoms with E-state index in [1.807, 2.05) is 32.0 Å². The van der Waals surface area contributed by atoms with Gasteiger partial charge in [0.25, 0.3) is 0 Å². The predicted octanol–water partition coefficient (Wildman–Crippen LogP) is 4.23. The molecule has 0 aliphatic carbocycles. The largest absolute Gasteiger partial charge is 0.330 e. The molecular formula is C16H14N4S. The second-order valence-corrected chi connectivity index (χ2v) is 6.03. The fourth-order valence-corrected chi connectivity index (χ4v) is 3.25. The van der Waals surface area contributed by atoms with Crippen molar-refractivity contribution in [2.75, 3.05) is 5.32 Å². The summed E-state index contributed by atoms with van der Waals surface area (Å²) in [4.78, 5) is 8.88. The number of anilines is 2. The van der Waals surface area contributed by atoms with Crippen molar-refractivity contribution in [3.05, 3.63) is 46.8 Å². The molecule has 0 radical (unpaired) electrons. The maximum Gasteiger partial charge on any atom is 0.188 e. The van der Waals surface area contributed by atoms with Gasteiger partial charge in [-0.05, 0) is 44.5 Å². The van der Waals surface area contributed by atoms with Gasteiger partial charge in [0.05, 0.1) is 27.2 Å². The first kappa shape index (κ1) is 13.5. The van der Waals surface area contributed by atoms with Crippen molar-refractivity contribution in [1.82, 2.24) is 9.97 Å². The zero-order valence-corrected chi connectivity index (χ0v) is 12.9. The Hall–Kier alpha value is -2.45. The van der Waals surface area contributed by atoms with Crippen LogP contribution in [0.5, 0.6) is 0 Å². The van der Waals surface area contributed by atoms with Gasteiger partial charge in [0.15, 0.2) is 5.13 Å². The lowest BCUT2D eigenvalue weighted by atomic mass is 10.1. The van der Waals surface area contributed by atoms with Crippen LogP contribution in [0, 0.1) is 32.1 Å². The summed E-state index contributed by atoms with van der Waals surface area (Å²) in [7, 11) is 0. The van der Waals surface area contributed by atoms with Crippen LogP contribution in [-0.4, -0.2) is 9.97 Å². The van der Waals surface area contributed by atoms with E-state index in [-0.39, 0.29) is 0 Å². The minimum absolute atomic E-state index is 0.566. The number of aryl methyl sites for hydroxylation is 3. The fourth-order valence-electron chi connectivity index (χ4n) is 2.27. The number of fused-ring (bicyclic) bond motifs is 1. The molecule has 21 heavy (non-hydrogen) atoms. The highest BCUT2D eigenvalue weighted by atomic mass is 32.1. The predicted molar refractivity (Wildman–Crippen MR) is 86.1 cm³/mol. The van der Waals surface area contributed by atoms with E-state index in [0.717, 1.165) is 32.4 Å². The Kier molecular flexibility index (Phi) is 3.32. The van der Waals surface area contributed by atoms with E-state index in [0.29, 0.717) is 5.56 Å². The first-order chi connectivity index (χ1) is 10.1.